The fraction of sp³-hybridized carbons (Fsp3) is 0.571. The van der Waals surface area contributed by atoms with Gasteiger partial charge in [0.15, 0.2) is 0 Å². The van der Waals surface area contributed by atoms with E-state index in [1.807, 2.05) is 12.1 Å². The van der Waals surface area contributed by atoms with Crippen molar-refractivity contribution in [1.29, 1.82) is 0 Å². The van der Waals surface area contributed by atoms with Crippen LogP contribution >= 0.6 is 23.2 Å². The topological polar surface area (TPSA) is 20.2 Å². The molecular formula is C14H18Cl2O. The van der Waals surface area contributed by atoms with Crippen molar-refractivity contribution in [2.24, 2.45) is 5.92 Å². The van der Waals surface area contributed by atoms with Crippen LogP contribution in [0.15, 0.2) is 18.2 Å². The third-order valence-corrected chi connectivity index (χ3v) is 4.65. The molecule has 0 aliphatic heterocycles. The molecule has 0 bridgehead atoms. The maximum Gasteiger partial charge on any atom is 0.0715 e. The summed E-state index contributed by atoms with van der Waals surface area (Å²) in [4.78, 5) is 0. The van der Waals surface area contributed by atoms with Gasteiger partial charge in [-0.2, -0.15) is 0 Å². The lowest BCUT2D eigenvalue weighted by Crippen LogP contribution is -2.35. The van der Waals surface area contributed by atoms with Crippen molar-refractivity contribution < 1.29 is 5.11 Å². The lowest BCUT2D eigenvalue weighted by atomic mass is 9.83. The summed E-state index contributed by atoms with van der Waals surface area (Å²) in [5.74, 6) is 0.414. The number of benzene rings is 1. The summed E-state index contributed by atoms with van der Waals surface area (Å²) in [7, 11) is 0. The van der Waals surface area contributed by atoms with E-state index in [0.29, 0.717) is 22.4 Å². The third kappa shape index (κ3) is 2.78. The number of aliphatic hydroxyl groups is 1. The Morgan fingerprint density at radius 2 is 2.12 bits per heavy atom. The van der Waals surface area contributed by atoms with Crippen LogP contribution in [0.3, 0.4) is 0 Å². The molecule has 1 aliphatic rings. The van der Waals surface area contributed by atoms with Gasteiger partial charge in [0.2, 0.25) is 0 Å². The zero-order chi connectivity index (χ0) is 12.5. The third-order valence-electron chi connectivity index (χ3n) is 3.91. The highest BCUT2D eigenvalue weighted by Crippen LogP contribution is 2.40. The highest BCUT2D eigenvalue weighted by Gasteiger charge is 2.39. The largest absolute Gasteiger partial charge is 0.389 e. The SMILES string of the molecule is CCC1CCCC1(O)Cc1ccc(Cl)c(Cl)c1. The monoisotopic (exact) mass is 272 g/mol. The zero-order valence-corrected chi connectivity index (χ0v) is 11.6. The second-order valence-electron chi connectivity index (χ2n) is 5.03. The molecular weight excluding hydrogens is 255 g/mol. The first-order chi connectivity index (χ1) is 8.05. The second-order valence-corrected chi connectivity index (χ2v) is 5.84. The average Bonchev–Trinajstić information content (AvgIpc) is 2.65. The van der Waals surface area contributed by atoms with Crippen LogP contribution in [0.25, 0.3) is 0 Å². The minimum atomic E-state index is -0.550. The predicted octanol–water partition coefficient (Wildman–Crippen LogP) is 4.48. The number of hydrogen-bond donors (Lipinski definition) is 1. The average molecular weight is 273 g/mol. The Kier molecular flexibility index (Phi) is 4.02. The molecule has 3 heteroatoms. The molecule has 94 valence electrons. The first kappa shape index (κ1) is 13.2. The molecule has 0 saturated heterocycles. The summed E-state index contributed by atoms with van der Waals surface area (Å²) in [6, 6.07) is 5.63. The van der Waals surface area contributed by atoms with Crippen molar-refractivity contribution in [1.82, 2.24) is 0 Å². The quantitative estimate of drug-likeness (QED) is 0.861. The van der Waals surface area contributed by atoms with Gasteiger partial charge in [0.25, 0.3) is 0 Å². The molecule has 2 atom stereocenters. The minimum Gasteiger partial charge on any atom is -0.389 e. The van der Waals surface area contributed by atoms with Crippen molar-refractivity contribution in [2.75, 3.05) is 0 Å². The van der Waals surface area contributed by atoms with Gasteiger partial charge in [0, 0.05) is 6.42 Å². The Labute approximate surface area is 113 Å². The Hall–Kier alpha value is -0.240. The van der Waals surface area contributed by atoms with Gasteiger partial charge in [-0.25, -0.2) is 0 Å². The minimum absolute atomic E-state index is 0.414. The molecule has 2 rings (SSSR count). The lowest BCUT2D eigenvalue weighted by molar-refractivity contribution is 0.00147. The van der Waals surface area contributed by atoms with Gasteiger partial charge in [-0.3, -0.25) is 0 Å². The van der Waals surface area contributed by atoms with Crippen LogP contribution in [0.4, 0.5) is 0 Å². The second kappa shape index (κ2) is 5.17. The van der Waals surface area contributed by atoms with Crippen LogP contribution in [-0.2, 0) is 6.42 Å². The Bertz CT molecular complexity index is 405. The van der Waals surface area contributed by atoms with Gasteiger partial charge in [0.05, 0.1) is 15.6 Å². The molecule has 1 aliphatic carbocycles. The van der Waals surface area contributed by atoms with Crippen LogP contribution < -0.4 is 0 Å². The molecule has 1 N–H and O–H groups in total. The summed E-state index contributed by atoms with van der Waals surface area (Å²) < 4.78 is 0. The summed E-state index contributed by atoms with van der Waals surface area (Å²) in [5, 5.41) is 11.8. The van der Waals surface area contributed by atoms with Crippen molar-refractivity contribution in [3.8, 4) is 0 Å². The highest BCUT2D eigenvalue weighted by atomic mass is 35.5. The van der Waals surface area contributed by atoms with Crippen molar-refractivity contribution in [3.05, 3.63) is 33.8 Å². The summed E-state index contributed by atoms with van der Waals surface area (Å²) >= 11 is 11.9. The molecule has 0 aromatic heterocycles. The fourth-order valence-corrected chi connectivity index (χ4v) is 3.27. The number of rotatable bonds is 3. The number of halogens is 2. The zero-order valence-electron chi connectivity index (χ0n) is 10.0. The first-order valence-electron chi connectivity index (χ1n) is 6.21. The van der Waals surface area contributed by atoms with Crippen LogP contribution in [-0.4, -0.2) is 10.7 Å². The van der Waals surface area contributed by atoms with E-state index in [0.717, 1.165) is 31.2 Å². The Balaban J connectivity index is 2.16. The summed E-state index contributed by atoms with van der Waals surface area (Å²) in [6.07, 6.45) is 4.87. The smallest absolute Gasteiger partial charge is 0.0715 e. The van der Waals surface area contributed by atoms with E-state index in [4.69, 9.17) is 23.2 Å². The van der Waals surface area contributed by atoms with Crippen molar-refractivity contribution >= 4 is 23.2 Å². The van der Waals surface area contributed by atoms with Crippen LogP contribution in [0.5, 0.6) is 0 Å². The van der Waals surface area contributed by atoms with E-state index >= 15 is 0 Å². The predicted molar refractivity (Wildman–Crippen MR) is 72.7 cm³/mol. The molecule has 0 spiro atoms. The lowest BCUT2D eigenvalue weighted by Gasteiger charge is -2.29. The van der Waals surface area contributed by atoms with Crippen LogP contribution in [0.2, 0.25) is 10.0 Å². The molecule has 1 fully saturated rings. The van der Waals surface area contributed by atoms with Gasteiger partial charge < -0.3 is 5.11 Å². The molecule has 1 saturated carbocycles. The Morgan fingerprint density at radius 1 is 1.35 bits per heavy atom. The van der Waals surface area contributed by atoms with E-state index in [-0.39, 0.29) is 0 Å². The van der Waals surface area contributed by atoms with E-state index in [9.17, 15) is 5.11 Å². The Morgan fingerprint density at radius 3 is 2.76 bits per heavy atom. The molecule has 1 aromatic rings. The first-order valence-corrected chi connectivity index (χ1v) is 6.97. The van der Waals surface area contributed by atoms with Gasteiger partial charge in [-0.15, -0.1) is 0 Å². The molecule has 0 amide bonds. The molecule has 0 radical (unpaired) electrons. The number of hydrogen-bond acceptors (Lipinski definition) is 1. The van der Waals surface area contributed by atoms with Gasteiger partial charge in [0.1, 0.15) is 0 Å². The van der Waals surface area contributed by atoms with Crippen molar-refractivity contribution in [3.63, 3.8) is 0 Å². The molecule has 2 unspecified atom stereocenters. The van der Waals surface area contributed by atoms with E-state index in [1.165, 1.54) is 0 Å². The standard InChI is InChI=1S/C14H18Cl2O/c1-2-11-4-3-7-14(11,17)9-10-5-6-12(15)13(16)8-10/h5-6,8,11,17H,2-4,7,9H2,1H3. The van der Waals surface area contributed by atoms with Crippen LogP contribution in [0.1, 0.15) is 38.2 Å². The molecule has 1 nitrogen and oxygen atoms in total. The summed E-state index contributed by atoms with van der Waals surface area (Å²) in [5.41, 5.74) is 0.522. The molecule has 1 aromatic carbocycles. The van der Waals surface area contributed by atoms with E-state index < -0.39 is 5.60 Å². The highest BCUT2D eigenvalue weighted by molar-refractivity contribution is 6.42. The molecule has 17 heavy (non-hydrogen) atoms. The molecule has 0 heterocycles. The van der Waals surface area contributed by atoms with E-state index in [1.54, 1.807) is 6.07 Å². The van der Waals surface area contributed by atoms with Gasteiger partial charge in [-0.1, -0.05) is 49.0 Å². The normalized spacial score (nSPS) is 28.6. The summed E-state index contributed by atoms with van der Waals surface area (Å²) in [6.45, 7) is 2.15. The van der Waals surface area contributed by atoms with Crippen molar-refractivity contribution in [2.45, 2.75) is 44.6 Å². The fourth-order valence-electron chi connectivity index (χ4n) is 2.95. The van der Waals surface area contributed by atoms with Crippen LogP contribution in [0, 0.1) is 5.92 Å². The maximum absolute atomic E-state index is 10.7. The maximum atomic E-state index is 10.7. The van der Waals surface area contributed by atoms with Gasteiger partial charge >= 0.3 is 0 Å². The van der Waals surface area contributed by atoms with E-state index in [2.05, 4.69) is 6.92 Å². The van der Waals surface area contributed by atoms with Gasteiger partial charge in [-0.05, 0) is 36.5 Å².